The molecule has 1 aliphatic heterocycles. The summed E-state index contributed by atoms with van der Waals surface area (Å²) in [7, 11) is 0. The molecule has 0 saturated heterocycles. The van der Waals surface area contributed by atoms with Crippen LogP contribution in [-0.2, 0) is 0 Å². The van der Waals surface area contributed by atoms with Gasteiger partial charge in [0.25, 0.3) is 0 Å². The quantitative estimate of drug-likeness (QED) is 0.545. The lowest BCUT2D eigenvalue weighted by molar-refractivity contribution is 0.279. The molecule has 1 aliphatic carbocycles. The second-order valence-electron chi connectivity index (χ2n) is 3.45. The molecular weight excluding hydrogens is 136 g/mol. The first-order valence-corrected chi connectivity index (χ1v) is 4.17. The number of para-hydroxylation sites is 1. The predicted octanol–water partition coefficient (Wildman–Crippen LogP) is 2.18. The second kappa shape index (κ2) is 1.79. The summed E-state index contributed by atoms with van der Waals surface area (Å²) in [5.41, 5.74) is 1.43. The fourth-order valence-electron chi connectivity index (χ4n) is 1.93. The molecule has 1 heteroatoms. The fourth-order valence-corrected chi connectivity index (χ4v) is 1.93. The average molecular weight is 146 g/mol. The minimum absolute atomic E-state index is 0.833. The average Bonchev–Trinajstić information content (AvgIpc) is 2.83. The molecule has 2 atom stereocenters. The van der Waals surface area contributed by atoms with Gasteiger partial charge < -0.3 is 4.74 Å². The van der Waals surface area contributed by atoms with Gasteiger partial charge in [0.2, 0.25) is 0 Å². The van der Waals surface area contributed by atoms with E-state index in [1.165, 1.54) is 12.0 Å². The zero-order valence-electron chi connectivity index (χ0n) is 6.29. The summed E-state index contributed by atoms with van der Waals surface area (Å²) in [5.74, 6) is 2.79. The maximum atomic E-state index is 5.58. The SMILES string of the molecule is c1ccc2c(c1)OCC1C[C@@H]21. The Morgan fingerprint density at radius 3 is 3.18 bits per heavy atom. The minimum atomic E-state index is 0.833. The Bertz CT molecular complexity index is 293. The van der Waals surface area contributed by atoms with Crippen molar-refractivity contribution >= 4 is 0 Å². The number of benzene rings is 1. The van der Waals surface area contributed by atoms with Crippen molar-refractivity contribution in [3.8, 4) is 5.75 Å². The molecule has 3 rings (SSSR count). The van der Waals surface area contributed by atoms with Gasteiger partial charge in [0, 0.05) is 5.92 Å². The molecule has 0 aromatic heterocycles. The van der Waals surface area contributed by atoms with Crippen LogP contribution >= 0.6 is 0 Å². The summed E-state index contributed by atoms with van der Waals surface area (Å²) in [4.78, 5) is 0. The molecule has 2 aliphatic rings. The first-order valence-electron chi connectivity index (χ1n) is 4.17. The Hall–Kier alpha value is -0.980. The third-order valence-electron chi connectivity index (χ3n) is 2.69. The van der Waals surface area contributed by atoms with Gasteiger partial charge in [-0.15, -0.1) is 0 Å². The summed E-state index contributed by atoms with van der Waals surface area (Å²) in [6.45, 7) is 0.946. The van der Waals surface area contributed by atoms with E-state index in [4.69, 9.17) is 4.74 Å². The molecule has 1 aromatic rings. The largest absolute Gasteiger partial charge is 0.493 e. The highest BCUT2D eigenvalue weighted by Crippen LogP contribution is 2.53. The lowest BCUT2D eigenvalue weighted by atomic mass is 10.1. The summed E-state index contributed by atoms with van der Waals surface area (Å²) in [5, 5.41) is 0. The fraction of sp³-hybridized carbons (Fsp3) is 0.400. The zero-order valence-corrected chi connectivity index (χ0v) is 6.29. The normalized spacial score (nSPS) is 31.6. The Morgan fingerprint density at radius 1 is 1.27 bits per heavy atom. The van der Waals surface area contributed by atoms with Crippen molar-refractivity contribution < 1.29 is 4.74 Å². The minimum Gasteiger partial charge on any atom is -0.493 e. The van der Waals surface area contributed by atoms with Crippen LogP contribution in [-0.4, -0.2) is 6.61 Å². The standard InChI is InChI=1S/C10H10O/c1-2-4-10-8(3-1)9-5-7(9)6-11-10/h1-4,7,9H,5-6H2/t7?,9-/m1/s1. The highest BCUT2D eigenvalue weighted by Gasteiger charge is 2.43. The maximum Gasteiger partial charge on any atom is 0.122 e. The van der Waals surface area contributed by atoms with Crippen LogP contribution in [0, 0.1) is 5.92 Å². The summed E-state index contributed by atoms with van der Waals surface area (Å²) >= 11 is 0. The monoisotopic (exact) mass is 146 g/mol. The van der Waals surface area contributed by atoms with Crippen LogP contribution in [0.1, 0.15) is 17.9 Å². The van der Waals surface area contributed by atoms with E-state index in [0.29, 0.717) is 0 Å². The van der Waals surface area contributed by atoms with Gasteiger partial charge >= 0.3 is 0 Å². The third kappa shape index (κ3) is 0.710. The van der Waals surface area contributed by atoms with Gasteiger partial charge in [-0.25, -0.2) is 0 Å². The van der Waals surface area contributed by atoms with Crippen LogP contribution < -0.4 is 4.74 Å². The topological polar surface area (TPSA) is 9.23 Å². The molecular formula is C10H10O. The van der Waals surface area contributed by atoms with Crippen LogP contribution in [0.25, 0.3) is 0 Å². The van der Waals surface area contributed by atoms with E-state index < -0.39 is 0 Å². The highest BCUT2D eigenvalue weighted by molar-refractivity contribution is 5.41. The second-order valence-corrected chi connectivity index (χ2v) is 3.45. The molecule has 0 amide bonds. The maximum absolute atomic E-state index is 5.58. The van der Waals surface area contributed by atoms with E-state index in [0.717, 1.165) is 24.2 Å². The summed E-state index contributed by atoms with van der Waals surface area (Å²) in [6, 6.07) is 8.41. The molecule has 0 N–H and O–H groups in total. The van der Waals surface area contributed by atoms with E-state index in [1.54, 1.807) is 0 Å². The van der Waals surface area contributed by atoms with Gasteiger partial charge in [0.15, 0.2) is 0 Å². The van der Waals surface area contributed by atoms with Gasteiger partial charge in [0.1, 0.15) is 5.75 Å². The number of ether oxygens (including phenoxy) is 1. The molecule has 1 aromatic carbocycles. The number of fused-ring (bicyclic) bond motifs is 3. The third-order valence-corrected chi connectivity index (χ3v) is 2.69. The molecule has 1 heterocycles. The Balaban J connectivity index is 2.14. The first kappa shape index (κ1) is 5.64. The molecule has 1 unspecified atom stereocenters. The van der Waals surface area contributed by atoms with Gasteiger partial charge in [-0.05, 0) is 24.0 Å². The lowest BCUT2D eigenvalue weighted by Gasteiger charge is -2.15. The summed E-state index contributed by atoms with van der Waals surface area (Å²) < 4.78 is 5.58. The van der Waals surface area contributed by atoms with Crippen molar-refractivity contribution in [2.75, 3.05) is 6.61 Å². The molecule has 1 nitrogen and oxygen atoms in total. The van der Waals surface area contributed by atoms with Gasteiger partial charge in [-0.2, -0.15) is 0 Å². The molecule has 1 fully saturated rings. The Kier molecular flexibility index (Phi) is 0.916. The van der Waals surface area contributed by atoms with E-state index in [2.05, 4.69) is 18.2 Å². The number of hydrogen-bond acceptors (Lipinski definition) is 1. The van der Waals surface area contributed by atoms with Crippen LogP contribution in [0.5, 0.6) is 5.75 Å². The van der Waals surface area contributed by atoms with Crippen LogP contribution in [0.4, 0.5) is 0 Å². The molecule has 56 valence electrons. The molecule has 1 saturated carbocycles. The molecule has 0 bridgehead atoms. The Morgan fingerprint density at radius 2 is 2.18 bits per heavy atom. The number of hydrogen-bond donors (Lipinski definition) is 0. The van der Waals surface area contributed by atoms with Crippen LogP contribution in [0.3, 0.4) is 0 Å². The van der Waals surface area contributed by atoms with Gasteiger partial charge in [-0.3, -0.25) is 0 Å². The van der Waals surface area contributed by atoms with E-state index in [9.17, 15) is 0 Å². The van der Waals surface area contributed by atoms with Crippen LogP contribution in [0.15, 0.2) is 24.3 Å². The van der Waals surface area contributed by atoms with E-state index >= 15 is 0 Å². The molecule has 11 heavy (non-hydrogen) atoms. The van der Waals surface area contributed by atoms with Gasteiger partial charge in [-0.1, -0.05) is 18.2 Å². The smallest absolute Gasteiger partial charge is 0.122 e. The van der Waals surface area contributed by atoms with Crippen molar-refractivity contribution in [1.29, 1.82) is 0 Å². The number of rotatable bonds is 0. The van der Waals surface area contributed by atoms with Gasteiger partial charge in [0.05, 0.1) is 6.61 Å². The van der Waals surface area contributed by atoms with Crippen molar-refractivity contribution in [1.82, 2.24) is 0 Å². The molecule has 0 radical (unpaired) electrons. The van der Waals surface area contributed by atoms with Crippen molar-refractivity contribution in [3.05, 3.63) is 29.8 Å². The van der Waals surface area contributed by atoms with E-state index in [-0.39, 0.29) is 0 Å². The van der Waals surface area contributed by atoms with Crippen LogP contribution in [0.2, 0.25) is 0 Å². The van der Waals surface area contributed by atoms with Crippen molar-refractivity contribution in [2.45, 2.75) is 12.3 Å². The van der Waals surface area contributed by atoms with Crippen molar-refractivity contribution in [3.63, 3.8) is 0 Å². The summed E-state index contributed by atoms with van der Waals surface area (Å²) in [6.07, 6.45) is 1.34. The van der Waals surface area contributed by atoms with Crippen molar-refractivity contribution in [2.24, 2.45) is 5.92 Å². The van der Waals surface area contributed by atoms with E-state index in [1.807, 2.05) is 6.07 Å². The first-order chi connectivity index (χ1) is 5.45. The predicted molar refractivity (Wildman–Crippen MR) is 42.8 cm³/mol. The lowest BCUT2D eigenvalue weighted by Crippen LogP contribution is -2.07. The Labute approximate surface area is 66.0 Å². The zero-order chi connectivity index (χ0) is 7.26. The highest BCUT2D eigenvalue weighted by atomic mass is 16.5. The molecule has 0 spiro atoms.